The SMILES string of the molecule is O=C(c1cc([C@H]2CCCCN2)[nH]n1)N1CCOCC1. The van der Waals surface area contributed by atoms with Crippen molar-refractivity contribution < 1.29 is 9.53 Å². The molecular weight excluding hydrogens is 244 g/mol. The molecule has 3 heterocycles. The number of aromatic amines is 1. The molecule has 2 fully saturated rings. The zero-order valence-corrected chi connectivity index (χ0v) is 11.0. The Morgan fingerprint density at radius 2 is 2.21 bits per heavy atom. The van der Waals surface area contributed by atoms with Crippen molar-refractivity contribution in [3.63, 3.8) is 0 Å². The minimum atomic E-state index is 0.00149. The third kappa shape index (κ3) is 2.79. The van der Waals surface area contributed by atoms with Crippen LogP contribution in [0.3, 0.4) is 0 Å². The summed E-state index contributed by atoms with van der Waals surface area (Å²) in [5.74, 6) is 0.00149. The van der Waals surface area contributed by atoms with Gasteiger partial charge in [-0.2, -0.15) is 5.10 Å². The lowest BCUT2D eigenvalue weighted by Gasteiger charge is -2.26. The molecule has 19 heavy (non-hydrogen) atoms. The zero-order chi connectivity index (χ0) is 13.1. The highest BCUT2D eigenvalue weighted by Crippen LogP contribution is 2.22. The van der Waals surface area contributed by atoms with E-state index in [2.05, 4.69) is 15.5 Å². The van der Waals surface area contributed by atoms with E-state index in [1.54, 1.807) is 4.90 Å². The van der Waals surface area contributed by atoms with Crippen molar-refractivity contribution in [3.05, 3.63) is 17.5 Å². The van der Waals surface area contributed by atoms with E-state index in [9.17, 15) is 4.79 Å². The van der Waals surface area contributed by atoms with Crippen LogP contribution in [0, 0.1) is 0 Å². The molecule has 1 aromatic heterocycles. The van der Waals surface area contributed by atoms with Gasteiger partial charge in [-0.15, -0.1) is 0 Å². The number of piperidine rings is 1. The van der Waals surface area contributed by atoms with Gasteiger partial charge >= 0.3 is 0 Å². The predicted octanol–water partition coefficient (Wildman–Crippen LogP) is 0.697. The second kappa shape index (κ2) is 5.71. The summed E-state index contributed by atoms with van der Waals surface area (Å²) < 4.78 is 5.25. The van der Waals surface area contributed by atoms with Crippen LogP contribution in [0.2, 0.25) is 0 Å². The van der Waals surface area contributed by atoms with Gasteiger partial charge in [-0.3, -0.25) is 9.89 Å². The maximum absolute atomic E-state index is 12.3. The van der Waals surface area contributed by atoms with E-state index in [0.29, 0.717) is 38.0 Å². The van der Waals surface area contributed by atoms with Crippen LogP contribution >= 0.6 is 0 Å². The molecule has 0 radical (unpaired) electrons. The molecule has 1 amide bonds. The van der Waals surface area contributed by atoms with Gasteiger partial charge in [0, 0.05) is 19.1 Å². The van der Waals surface area contributed by atoms with E-state index in [0.717, 1.165) is 18.7 Å². The third-order valence-electron chi connectivity index (χ3n) is 3.80. The minimum Gasteiger partial charge on any atom is -0.378 e. The fraction of sp³-hybridized carbons (Fsp3) is 0.692. The molecule has 1 atom stereocenters. The molecule has 6 nitrogen and oxygen atoms in total. The molecule has 0 saturated carbocycles. The number of nitrogens with zero attached hydrogens (tertiary/aromatic N) is 2. The first kappa shape index (κ1) is 12.6. The highest BCUT2D eigenvalue weighted by molar-refractivity contribution is 5.92. The molecule has 2 saturated heterocycles. The summed E-state index contributed by atoms with van der Waals surface area (Å²) in [6.45, 7) is 3.59. The number of rotatable bonds is 2. The number of carbonyl (C=O) groups excluding carboxylic acids is 1. The standard InChI is InChI=1S/C13H20N4O2/c18-13(17-5-7-19-8-6-17)12-9-11(15-16-12)10-3-1-2-4-14-10/h9-10,14H,1-8H2,(H,15,16)/t10-/m1/s1. The smallest absolute Gasteiger partial charge is 0.274 e. The topological polar surface area (TPSA) is 70.2 Å². The van der Waals surface area contributed by atoms with Crippen molar-refractivity contribution in [3.8, 4) is 0 Å². The largest absolute Gasteiger partial charge is 0.378 e. The summed E-state index contributed by atoms with van der Waals surface area (Å²) >= 11 is 0. The van der Waals surface area contributed by atoms with Crippen molar-refractivity contribution in [1.29, 1.82) is 0 Å². The predicted molar refractivity (Wildman–Crippen MR) is 69.9 cm³/mol. The number of ether oxygens (including phenoxy) is 1. The number of morpholine rings is 1. The fourth-order valence-corrected chi connectivity index (χ4v) is 2.67. The molecule has 2 aliphatic rings. The molecule has 2 N–H and O–H groups in total. The lowest BCUT2D eigenvalue weighted by atomic mass is 10.0. The van der Waals surface area contributed by atoms with E-state index in [-0.39, 0.29) is 5.91 Å². The number of hydrogen-bond acceptors (Lipinski definition) is 4. The van der Waals surface area contributed by atoms with Crippen LogP contribution < -0.4 is 5.32 Å². The first-order chi connectivity index (χ1) is 9.34. The Bertz CT molecular complexity index is 434. The number of amides is 1. The van der Waals surface area contributed by atoms with Crippen LogP contribution in [0.4, 0.5) is 0 Å². The van der Waals surface area contributed by atoms with Gasteiger partial charge < -0.3 is 15.0 Å². The van der Waals surface area contributed by atoms with Crippen molar-refractivity contribution in [2.75, 3.05) is 32.8 Å². The molecule has 2 aliphatic heterocycles. The normalized spacial score (nSPS) is 24.4. The van der Waals surface area contributed by atoms with Crippen LogP contribution in [0.25, 0.3) is 0 Å². The van der Waals surface area contributed by atoms with Gasteiger partial charge in [-0.25, -0.2) is 0 Å². The van der Waals surface area contributed by atoms with Crippen molar-refractivity contribution in [2.24, 2.45) is 0 Å². The quantitative estimate of drug-likeness (QED) is 0.825. The van der Waals surface area contributed by atoms with Gasteiger partial charge in [0.2, 0.25) is 0 Å². The van der Waals surface area contributed by atoms with Crippen molar-refractivity contribution in [1.82, 2.24) is 20.4 Å². The maximum atomic E-state index is 12.3. The Hall–Kier alpha value is -1.40. The Kier molecular flexibility index (Phi) is 3.79. The molecule has 3 rings (SSSR count). The van der Waals surface area contributed by atoms with Crippen LogP contribution in [-0.2, 0) is 4.74 Å². The Morgan fingerprint density at radius 3 is 2.95 bits per heavy atom. The third-order valence-corrected chi connectivity index (χ3v) is 3.80. The molecule has 0 spiro atoms. The van der Waals surface area contributed by atoms with Crippen molar-refractivity contribution >= 4 is 5.91 Å². The number of hydrogen-bond donors (Lipinski definition) is 2. The number of H-pyrrole nitrogens is 1. The number of aromatic nitrogens is 2. The van der Waals surface area contributed by atoms with Crippen LogP contribution in [0.15, 0.2) is 6.07 Å². The van der Waals surface area contributed by atoms with Crippen molar-refractivity contribution in [2.45, 2.75) is 25.3 Å². The molecule has 0 unspecified atom stereocenters. The second-order valence-electron chi connectivity index (χ2n) is 5.12. The van der Waals surface area contributed by atoms with E-state index >= 15 is 0 Å². The van der Waals surface area contributed by atoms with Gasteiger partial charge in [-0.1, -0.05) is 6.42 Å². The summed E-state index contributed by atoms with van der Waals surface area (Å²) in [7, 11) is 0. The highest BCUT2D eigenvalue weighted by Gasteiger charge is 2.23. The fourth-order valence-electron chi connectivity index (χ4n) is 2.67. The van der Waals surface area contributed by atoms with Crippen LogP contribution in [0.1, 0.15) is 41.5 Å². The number of nitrogens with one attached hydrogen (secondary N) is 2. The molecular formula is C13H20N4O2. The average molecular weight is 264 g/mol. The monoisotopic (exact) mass is 264 g/mol. The van der Waals surface area contributed by atoms with E-state index in [4.69, 9.17) is 4.74 Å². The molecule has 1 aromatic rings. The van der Waals surface area contributed by atoms with Crippen LogP contribution in [0.5, 0.6) is 0 Å². The van der Waals surface area contributed by atoms with Gasteiger partial charge in [0.25, 0.3) is 5.91 Å². The minimum absolute atomic E-state index is 0.00149. The Labute approximate surface area is 112 Å². The summed E-state index contributed by atoms with van der Waals surface area (Å²) in [5, 5.41) is 10.6. The second-order valence-corrected chi connectivity index (χ2v) is 5.12. The zero-order valence-electron chi connectivity index (χ0n) is 11.0. The van der Waals surface area contributed by atoms with Crippen LogP contribution in [-0.4, -0.2) is 53.9 Å². The molecule has 0 aromatic carbocycles. The number of carbonyl (C=O) groups is 1. The molecule has 0 bridgehead atoms. The Balaban J connectivity index is 1.67. The summed E-state index contributed by atoms with van der Waals surface area (Å²) in [4.78, 5) is 14.1. The highest BCUT2D eigenvalue weighted by atomic mass is 16.5. The van der Waals surface area contributed by atoms with Gasteiger partial charge in [0.05, 0.1) is 18.9 Å². The van der Waals surface area contributed by atoms with E-state index < -0.39 is 0 Å². The summed E-state index contributed by atoms with van der Waals surface area (Å²) in [6, 6.07) is 2.20. The van der Waals surface area contributed by atoms with Gasteiger partial charge in [-0.05, 0) is 25.5 Å². The van der Waals surface area contributed by atoms with E-state index in [1.165, 1.54) is 12.8 Å². The molecule has 6 heteroatoms. The van der Waals surface area contributed by atoms with Gasteiger partial charge in [0.15, 0.2) is 0 Å². The molecule has 0 aliphatic carbocycles. The lowest BCUT2D eigenvalue weighted by Crippen LogP contribution is -2.40. The lowest BCUT2D eigenvalue weighted by molar-refractivity contribution is 0.0299. The summed E-state index contributed by atoms with van der Waals surface area (Å²) in [5.41, 5.74) is 1.54. The first-order valence-electron chi connectivity index (χ1n) is 7.00. The van der Waals surface area contributed by atoms with Gasteiger partial charge in [0.1, 0.15) is 5.69 Å². The van der Waals surface area contributed by atoms with E-state index in [1.807, 2.05) is 6.07 Å². The maximum Gasteiger partial charge on any atom is 0.274 e. The molecule has 104 valence electrons. The first-order valence-corrected chi connectivity index (χ1v) is 7.00. The summed E-state index contributed by atoms with van der Waals surface area (Å²) in [6.07, 6.45) is 3.56. The average Bonchev–Trinajstić information content (AvgIpc) is 2.98. The Morgan fingerprint density at radius 1 is 1.37 bits per heavy atom.